The van der Waals surface area contributed by atoms with Crippen molar-refractivity contribution in [2.24, 2.45) is 7.05 Å². The summed E-state index contributed by atoms with van der Waals surface area (Å²) in [6.07, 6.45) is 5.63. The number of hydrogen-bond acceptors (Lipinski definition) is 3. The van der Waals surface area contributed by atoms with Crippen molar-refractivity contribution in [1.82, 2.24) is 19.3 Å². The molecule has 0 aliphatic carbocycles. The Bertz CT molecular complexity index is 479. The van der Waals surface area contributed by atoms with E-state index < -0.39 is 0 Å². The minimum absolute atomic E-state index is 0.668. The molecule has 0 amide bonds. The molecule has 2 aromatic heterocycles. The van der Waals surface area contributed by atoms with Crippen molar-refractivity contribution in [1.29, 1.82) is 0 Å². The number of anilines is 1. The summed E-state index contributed by atoms with van der Waals surface area (Å²) in [4.78, 5) is 4.61. The second-order valence-corrected chi connectivity index (χ2v) is 4.27. The Morgan fingerprint density at radius 3 is 2.88 bits per heavy atom. The van der Waals surface area contributed by atoms with Crippen LogP contribution in [0.5, 0.6) is 0 Å². The Balaban J connectivity index is 2.03. The molecule has 1 aliphatic rings. The molecule has 0 aromatic carbocycles. The highest BCUT2D eigenvalue weighted by atomic mass is 15.3. The van der Waals surface area contributed by atoms with Gasteiger partial charge in [-0.1, -0.05) is 0 Å². The Kier molecular flexibility index (Phi) is 1.99. The molecule has 0 spiro atoms. The third-order valence-corrected chi connectivity index (χ3v) is 3.09. The van der Waals surface area contributed by atoms with Crippen molar-refractivity contribution in [3.8, 4) is 11.4 Å². The number of fused-ring (bicyclic) bond motifs is 1. The number of nitrogens with two attached hydrogens (primary N) is 1. The van der Waals surface area contributed by atoms with E-state index in [-0.39, 0.29) is 0 Å². The maximum atomic E-state index is 5.77. The van der Waals surface area contributed by atoms with E-state index in [0.717, 1.165) is 24.4 Å². The SMILES string of the molecule is Cn1nc(-c2cn3c(n2)CCCC3)cc1N. The van der Waals surface area contributed by atoms with E-state index in [1.54, 1.807) is 4.68 Å². The van der Waals surface area contributed by atoms with Crippen molar-refractivity contribution in [3.05, 3.63) is 18.1 Å². The number of nitrogen functional groups attached to an aromatic ring is 1. The lowest BCUT2D eigenvalue weighted by molar-refractivity contribution is 0.522. The summed E-state index contributed by atoms with van der Waals surface area (Å²) < 4.78 is 3.90. The van der Waals surface area contributed by atoms with Gasteiger partial charge >= 0.3 is 0 Å². The van der Waals surface area contributed by atoms with Crippen LogP contribution >= 0.6 is 0 Å². The van der Waals surface area contributed by atoms with Crippen molar-refractivity contribution >= 4 is 5.82 Å². The van der Waals surface area contributed by atoms with Crippen molar-refractivity contribution < 1.29 is 0 Å². The predicted octanol–water partition coefficient (Wildman–Crippen LogP) is 1.20. The zero-order valence-corrected chi connectivity index (χ0v) is 9.35. The van der Waals surface area contributed by atoms with Crippen LogP contribution < -0.4 is 5.73 Å². The molecule has 2 N–H and O–H groups in total. The first-order chi connectivity index (χ1) is 7.74. The Labute approximate surface area is 93.9 Å². The smallest absolute Gasteiger partial charge is 0.122 e. The summed E-state index contributed by atoms with van der Waals surface area (Å²) in [5.74, 6) is 1.84. The first kappa shape index (κ1) is 9.45. The molecule has 3 heterocycles. The summed E-state index contributed by atoms with van der Waals surface area (Å²) in [5.41, 5.74) is 7.56. The number of aryl methyl sites for hydroxylation is 3. The van der Waals surface area contributed by atoms with Gasteiger partial charge in [-0.3, -0.25) is 4.68 Å². The number of hydrogen-bond donors (Lipinski definition) is 1. The van der Waals surface area contributed by atoms with Crippen molar-refractivity contribution in [2.75, 3.05) is 5.73 Å². The third kappa shape index (κ3) is 1.39. The monoisotopic (exact) mass is 217 g/mol. The van der Waals surface area contributed by atoms with E-state index in [1.807, 2.05) is 13.1 Å². The summed E-state index contributed by atoms with van der Waals surface area (Å²) in [5, 5.41) is 4.34. The summed E-state index contributed by atoms with van der Waals surface area (Å²) in [7, 11) is 1.84. The quantitative estimate of drug-likeness (QED) is 0.780. The van der Waals surface area contributed by atoms with Crippen LogP contribution in [0.15, 0.2) is 12.3 Å². The van der Waals surface area contributed by atoms with Gasteiger partial charge in [0.1, 0.15) is 23.0 Å². The van der Waals surface area contributed by atoms with E-state index in [1.165, 1.54) is 18.7 Å². The second kappa shape index (κ2) is 3.37. The van der Waals surface area contributed by atoms with Crippen molar-refractivity contribution in [2.45, 2.75) is 25.8 Å². The maximum absolute atomic E-state index is 5.77. The molecule has 16 heavy (non-hydrogen) atoms. The minimum atomic E-state index is 0.668. The van der Waals surface area contributed by atoms with Crippen LogP contribution in [0.2, 0.25) is 0 Å². The molecule has 0 bridgehead atoms. The van der Waals surface area contributed by atoms with E-state index in [9.17, 15) is 0 Å². The van der Waals surface area contributed by atoms with Gasteiger partial charge in [-0.2, -0.15) is 5.10 Å². The topological polar surface area (TPSA) is 61.7 Å². The van der Waals surface area contributed by atoms with E-state index in [2.05, 4.69) is 20.8 Å². The van der Waals surface area contributed by atoms with Gasteiger partial charge in [-0.25, -0.2) is 4.98 Å². The third-order valence-electron chi connectivity index (χ3n) is 3.09. The molecule has 0 radical (unpaired) electrons. The van der Waals surface area contributed by atoms with Gasteiger partial charge in [-0.15, -0.1) is 0 Å². The van der Waals surface area contributed by atoms with Gasteiger partial charge < -0.3 is 10.3 Å². The lowest BCUT2D eigenvalue weighted by Crippen LogP contribution is -2.08. The van der Waals surface area contributed by atoms with Gasteiger partial charge in [0.2, 0.25) is 0 Å². The van der Waals surface area contributed by atoms with E-state index in [4.69, 9.17) is 5.73 Å². The summed E-state index contributed by atoms with van der Waals surface area (Å²) in [6, 6.07) is 1.87. The molecular weight excluding hydrogens is 202 g/mol. The fourth-order valence-corrected chi connectivity index (χ4v) is 2.14. The van der Waals surface area contributed by atoms with Crippen LogP contribution in [0.25, 0.3) is 11.4 Å². The lowest BCUT2D eigenvalue weighted by Gasteiger charge is -2.11. The largest absolute Gasteiger partial charge is 0.384 e. The van der Waals surface area contributed by atoms with Gasteiger partial charge in [0.15, 0.2) is 0 Å². The number of rotatable bonds is 1. The zero-order chi connectivity index (χ0) is 11.1. The molecule has 1 aliphatic heterocycles. The molecule has 0 unspecified atom stereocenters. The van der Waals surface area contributed by atoms with E-state index >= 15 is 0 Å². The molecule has 5 nitrogen and oxygen atoms in total. The van der Waals surface area contributed by atoms with E-state index in [0.29, 0.717) is 5.82 Å². The maximum Gasteiger partial charge on any atom is 0.122 e. The van der Waals surface area contributed by atoms with Gasteiger partial charge in [0.25, 0.3) is 0 Å². The Morgan fingerprint density at radius 1 is 1.31 bits per heavy atom. The highest BCUT2D eigenvalue weighted by Gasteiger charge is 2.15. The first-order valence-corrected chi connectivity index (χ1v) is 5.60. The molecule has 0 fully saturated rings. The normalized spacial score (nSPS) is 15.1. The summed E-state index contributed by atoms with van der Waals surface area (Å²) in [6.45, 7) is 1.07. The number of nitrogens with zero attached hydrogens (tertiary/aromatic N) is 4. The fraction of sp³-hybridized carbons (Fsp3) is 0.455. The Morgan fingerprint density at radius 2 is 2.19 bits per heavy atom. The van der Waals surface area contributed by atoms with Crippen LogP contribution in [0.1, 0.15) is 18.7 Å². The van der Waals surface area contributed by atoms with Gasteiger partial charge in [-0.05, 0) is 12.8 Å². The molecule has 2 aromatic rings. The second-order valence-electron chi connectivity index (χ2n) is 4.27. The number of imidazole rings is 1. The summed E-state index contributed by atoms with van der Waals surface area (Å²) >= 11 is 0. The highest BCUT2D eigenvalue weighted by Crippen LogP contribution is 2.22. The van der Waals surface area contributed by atoms with Crippen LogP contribution in [0.4, 0.5) is 5.82 Å². The molecule has 0 saturated carbocycles. The molecular formula is C11H15N5. The molecule has 5 heteroatoms. The zero-order valence-electron chi connectivity index (χ0n) is 9.35. The van der Waals surface area contributed by atoms with Crippen molar-refractivity contribution in [3.63, 3.8) is 0 Å². The number of aromatic nitrogens is 4. The standard InChI is InChI=1S/C11H15N5/c1-15-10(12)6-8(14-15)9-7-16-5-3-2-4-11(16)13-9/h6-7H,2-5,12H2,1H3. The molecule has 84 valence electrons. The van der Waals surface area contributed by atoms with Crippen LogP contribution in [0.3, 0.4) is 0 Å². The van der Waals surface area contributed by atoms with Gasteiger partial charge in [0, 0.05) is 32.3 Å². The van der Waals surface area contributed by atoms with Crippen LogP contribution in [-0.2, 0) is 20.0 Å². The molecule has 0 atom stereocenters. The first-order valence-electron chi connectivity index (χ1n) is 5.60. The van der Waals surface area contributed by atoms with Crippen LogP contribution in [-0.4, -0.2) is 19.3 Å². The molecule has 0 saturated heterocycles. The van der Waals surface area contributed by atoms with Gasteiger partial charge in [0.05, 0.1) is 0 Å². The highest BCUT2D eigenvalue weighted by molar-refractivity contribution is 5.57. The average molecular weight is 217 g/mol. The Hall–Kier alpha value is -1.78. The lowest BCUT2D eigenvalue weighted by atomic mass is 10.2. The average Bonchev–Trinajstić information content (AvgIpc) is 2.83. The van der Waals surface area contributed by atoms with Crippen LogP contribution in [0, 0.1) is 0 Å². The predicted molar refractivity (Wildman–Crippen MR) is 61.8 cm³/mol. The minimum Gasteiger partial charge on any atom is -0.384 e. The molecule has 3 rings (SSSR count). The fourth-order valence-electron chi connectivity index (χ4n) is 2.14.